The second kappa shape index (κ2) is 8.94. The van der Waals surface area contributed by atoms with Crippen molar-refractivity contribution in [3.8, 4) is 5.75 Å². The quantitative estimate of drug-likeness (QED) is 0.673. The molecular weight excluding hydrogens is 236 g/mol. The minimum absolute atomic E-state index is 0.225. The normalized spacial score (nSPS) is 11.3. The molecule has 0 amide bonds. The van der Waals surface area contributed by atoms with Crippen LogP contribution in [0.25, 0.3) is 0 Å². The highest BCUT2D eigenvalue weighted by molar-refractivity contribution is 5.28. The lowest BCUT2D eigenvalue weighted by Gasteiger charge is -2.12. The van der Waals surface area contributed by atoms with E-state index in [4.69, 9.17) is 4.74 Å². The zero-order valence-corrected chi connectivity index (χ0v) is 12.7. The standard InChI is InChI=1S/C16H28N2O/c1-13(2)11-17-8-9-18-12-15-6-5-7-16(10-15)19-14(3)4/h5-7,10,13-14,17-18H,8-9,11-12H2,1-4H3. The van der Waals surface area contributed by atoms with Crippen LogP contribution in [0.1, 0.15) is 33.3 Å². The van der Waals surface area contributed by atoms with E-state index in [-0.39, 0.29) is 6.10 Å². The fraction of sp³-hybridized carbons (Fsp3) is 0.625. The van der Waals surface area contributed by atoms with E-state index in [2.05, 4.69) is 36.6 Å². The van der Waals surface area contributed by atoms with Crippen LogP contribution < -0.4 is 15.4 Å². The van der Waals surface area contributed by atoms with E-state index in [0.29, 0.717) is 5.92 Å². The number of benzene rings is 1. The Hall–Kier alpha value is -1.06. The highest BCUT2D eigenvalue weighted by Crippen LogP contribution is 2.14. The molecule has 3 nitrogen and oxygen atoms in total. The average Bonchev–Trinajstić information content (AvgIpc) is 2.33. The van der Waals surface area contributed by atoms with Gasteiger partial charge in [0.1, 0.15) is 5.75 Å². The predicted molar refractivity (Wildman–Crippen MR) is 81.6 cm³/mol. The van der Waals surface area contributed by atoms with Gasteiger partial charge in [-0.2, -0.15) is 0 Å². The van der Waals surface area contributed by atoms with Crippen LogP contribution in [0.2, 0.25) is 0 Å². The molecule has 0 heterocycles. The number of nitrogens with one attached hydrogen (secondary N) is 2. The van der Waals surface area contributed by atoms with Crippen LogP contribution in [0.15, 0.2) is 24.3 Å². The molecule has 2 N–H and O–H groups in total. The van der Waals surface area contributed by atoms with Gasteiger partial charge in [0.15, 0.2) is 0 Å². The molecule has 0 unspecified atom stereocenters. The van der Waals surface area contributed by atoms with Gasteiger partial charge in [-0.15, -0.1) is 0 Å². The highest BCUT2D eigenvalue weighted by atomic mass is 16.5. The van der Waals surface area contributed by atoms with Gasteiger partial charge in [-0.1, -0.05) is 26.0 Å². The van der Waals surface area contributed by atoms with Crippen molar-refractivity contribution in [1.29, 1.82) is 0 Å². The molecule has 0 aliphatic rings. The molecule has 1 aromatic carbocycles. The number of hydrogen-bond donors (Lipinski definition) is 2. The van der Waals surface area contributed by atoms with Gasteiger partial charge in [-0.05, 0) is 44.0 Å². The largest absolute Gasteiger partial charge is 0.491 e. The van der Waals surface area contributed by atoms with Crippen LogP contribution in [-0.2, 0) is 6.54 Å². The minimum Gasteiger partial charge on any atom is -0.491 e. The molecule has 0 aromatic heterocycles. The van der Waals surface area contributed by atoms with Gasteiger partial charge in [0, 0.05) is 19.6 Å². The lowest BCUT2D eigenvalue weighted by Crippen LogP contribution is -2.29. The fourth-order valence-corrected chi connectivity index (χ4v) is 1.80. The van der Waals surface area contributed by atoms with Crippen LogP contribution in [0.4, 0.5) is 0 Å². The van der Waals surface area contributed by atoms with Gasteiger partial charge in [0.05, 0.1) is 6.10 Å². The number of ether oxygens (including phenoxy) is 1. The first kappa shape index (κ1) is 16.0. The third-order valence-corrected chi connectivity index (χ3v) is 2.63. The minimum atomic E-state index is 0.225. The molecule has 0 radical (unpaired) electrons. The molecule has 0 saturated carbocycles. The second-order valence-corrected chi connectivity index (χ2v) is 5.59. The molecule has 19 heavy (non-hydrogen) atoms. The molecule has 1 rings (SSSR count). The zero-order valence-electron chi connectivity index (χ0n) is 12.7. The van der Waals surface area contributed by atoms with Crippen molar-refractivity contribution in [1.82, 2.24) is 10.6 Å². The summed E-state index contributed by atoms with van der Waals surface area (Å²) in [4.78, 5) is 0. The Labute approximate surface area is 117 Å². The molecule has 0 bridgehead atoms. The maximum Gasteiger partial charge on any atom is 0.120 e. The van der Waals surface area contributed by atoms with Crippen LogP contribution >= 0.6 is 0 Å². The van der Waals surface area contributed by atoms with Crippen molar-refractivity contribution < 1.29 is 4.74 Å². The van der Waals surface area contributed by atoms with Crippen molar-refractivity contribution in [3.05, 3.63) is 29.8 Å². The summed E-state index contributed by atoms with van der Waals surface area (Å²) in [7, 11) is 0. The first-order chi connectivity index (χ1) is 9.08. The van der Waals surface area contributed by atoms with Gasteiger partial charge in [0.2, 0.25) is 0 Å². The molecule has 0 aliphatic carbocycles. The summed E-state index contributed by atoms with van der Waals surface area (Å²) in [6.45, 7) is 12.5. The summed E-state index contributed by atoms with van der Waals surface area (Å²) in [6.07, 6.45) is 0.225. The molecule has 0 aliphatic heterocycles. The van der Waals surface area contributed by atoms with Crippen molar-refractivity contribution in [2.45, 2.75) is 40.3 Å². The monoisotopic (exact) mass is 264 g/mol. The van der Waals surface area contributed by atoms with E-state index >= 15 is 0 Å². The summed E-state index contributed by atoms with van der Waals surface area (Å²) < 4.78 is 5.69. The zero-order chi connectivity index (χ0) is 14.1. The van der Waals surface area contributed by atoms with Crippen LogP contribution in [0.3, 0.4) is 0 Å². The molecule has 3 heteroatoms. The van der Waals surface area contributed by atoms with E-state index in [1.54, 1.807) is 0 Å². The van der Waals surface area contributed by atoms with Gasteiger partial charge in [-0.25, -0.2) is 0 Å². The average molecular weight is 264 g/mol. The topological polar surface area (TPSA) is 33.3 Å². The molecule has 0 saturated heterocycles. The van der Waals surface area contributed by atoms with Crippen molar-refractivity contribution in [3.63, 3.8) is 0 Å². The van der Waals surface area contributed by atoms with E-state index in [0.717, 1.165) is 31.9 Å². The maximum absolute atomic E-state index is 5.69. The third-order valence-electron chi connectivity index (χ3n) is 2.63. The van der Waals surface area contributed by atoms with Crippen molar-refractivity contribution in [2.75, 3.05) is 19.6 Å². The summed E-state index contributed by atoms with van der Waals surface area (Å²) in [5.74, 6) is 1.66. The summed E-state index contributed by atoms with van der Waals surface area (Å²) in [5.41, 5.74) is 1.27. The van der Waals surface area contributed by atoms with E-state index in [1.165, 1.54) is 5.56 Å². The Balaban J connectivity index is 2.22. The molecule has 108 valence electrons. The molecular formula is C16H28N2O. The van der Waals surface area contributed by atoms with Gasteiger partial charge in [0.25, 0.3) is 0 Å². The van der Waals surface area contributed by atoms with E-state index in [1.807, 2.05) is 26.0 Å². The Morgan fingerprint density at radius 1 is 1.05 bits per heavy atom. The highest BCUT2D eigenvalue weighted by Gasteiger charge is 1.99. The lowest BCUT2D eigenvalue weighted by atomic mass is 10.2. The van der Waals surface area contributed by atoms with Crippen LogP contribution in [0, 0.1) is 5.92 Å². The summed E-state index contributed by atoms with van der Waals surface area (Å²) >= 11 is 0. The number of rotatable bonds is 9. The molecule has 0 atom stereocenters. The smallest absolute Gasteiger partial charge is 0.120 e. The van der Waals surface area contributed by atoms with Crippen molar-refractivity contribution >= 4 is 0 Å². The van der Waals surface area contributed by atoms with Gasteiger partial charge in [-0.3, -0.25) is 0 Å². The SMILES string of the molecule is CC(C)CNCCNCc1cccc(OC(C)C)c1. The fourth-order valence-electron chi connectivity index (χ4n) is 1.80. The van der Waals surface area contributed by atoms with Gasteiger partial charge < -0.3 is 15.4 Å². The summed E-state index contributed by atoms with van der Waals surface area (Å²) in [6, 6.07) is 8.29. The van der Waals surface area contributed by atoms with Crippen molar-refractivity contribution in [2.24, 2.45) is 5.92 Å². The first-order valence-electron chi connectivity index (χ1n) is 7.25. The first-order valence-corrected chi connectivity index (χ1v) is 7.25. The van der Waals surface area contributed by atoms with E-state index < -0.39 is 0 Å². The lowest BCUT2D eigenvalue weighted by molar-refractivity contribution is 0.242. The summed E-state index contributed by atoms with van der Waals surface area (Å²) in [5, 5.41) is 6.86. The second-order valence-electron chi connectivity index (χ2n) is 5.59. The Morgan fingerprint density at radius 3 is 2.47 bits per heavy atom. The maximum atomic E-state index is 5.69. The third kappa shape index (κ3) is 7.85. The van der Waals surface area contributed by atoms with Gasteiger partial charge >= 0.3 is 0 Å². The van der Waals surface area contributed by atoms with Crippen LogP contribution in [-0.4, -0.2) is 25.7 Å². The van der Waals surface area contributed by atoms with Crippen LogP contribution in [0.5, 0.6) is 5.75 Å². The molecule has 1 aromatic rings. The Kier molecular flexibility index (Phi) is 7.53. The molecule has 0 spiro atoms. The predicted octanol–water partition coefficient (Wildman–Crippen LogP) is 2.81. The Morgan fingerprint density at radius 2 is 1.79 bits per heavy atom. The number of hydrogen-bond acceptors (Lipinski definition) is 3. The molecule has 0 fully saturated rings. The van der Waals surface area contributed by atoms with E-state index in [9.17, 15) is 0 Å². The Bertz CT molecular complexity index is 350.